The molecule has 3 rings (SSSR count). The maximum Gasteiger partial charge on any atom is 0.296 e. The van der Waals surface area contributed by atoms with Crippen molar-refractivity contribution in [2.45, 2.75) is 16.7 Å². The minimum Gasteiger partial charge on any atom is -0.505 e. The number of hydrogen-bond donors (Lipinski definition) is 3. The Bertz CT molecular complexity index is 1330. The van der Waals surface area contributed by atoms with Crippen LogP contribution in [0, 0.1) is 6.92 Å². The third-order valence-electron chi connectivity index (χ3n) is 3.81. The second-order valence-corrected chi connectivity index (χ2v) is 8.56. The molecular formula is C16H13N3O7S2. The van der Waals surface area contributed by atoms with Crippen molar-refractivity contribution in [3.05, 3.63) is 48.2 Å². The van der Waals surface area contributed by atoms with E-state index in [2.05, 4.69) is 15.2 Å². The molecule has 28 heavy (non-hydrogen) atoms. The molecule has 1 aromatic heterocycles. The molecule has 146 valence electrons. The first kappa shape index (κ1) is 19.8. The average Bonchev–Trinajstić information content (AvgIpc) is 2.60. The lowest BCUT2D eigenvalue weighted by Gasteiger charge is -2.08. The lowest BCUT2D eigenvalue weighted by atomic mass is 10.1. The van der Waals surface area contributed by atoms with Gasteiger partial charge in [-0.1, -0.05) is 24.3 Å². The lowest BCUT2D eigenvalue weighted by molar-refractivity contribution is 0.478. The van der Waals surface area contributed by atoms with Gasteiger partial charge >= 0.3 is 0 Å². The van der Waals surface area contributed by atoms with Crippen LogP contribution in [0.3, 0.4) is 0 Å². The molecule has 0 radical (unpaired) electrons. The van der Waals surface area contributed by atoms with Crippen LogP contribution in [0.15, 0.2) is 62.6 Å². The van der Waals surface area contributed by atoms with Crippen LogP contribution >= 0.6 is 0 Å². The maximum absolute atomic E-state index is 11.7. The number of fused-ring (bicyclic) bond motifs is 1. The molecule has 0 bridgehead atoms. The number of rotatable bonds is 4. The van der Waals surface area contributed by atoms with Crippen LogP contribution in [0.4, 0.5) is 11.5 Å². The molecule has 3 N–H and O–H groups in total. The molecular weight excluding hydrogens is 410 g/mol. The van der Waals surface area contributed by atoms with E-state index in [4.69, 9.17) is 4.55 Å². The standard InChI is InChI=1S/C16H13N3O7S2/c1-9-6-10(27(21,22)23)8-17-16(9)19-18-13-7-14(28(24,25)26)11-4-2-3-5-12(11)15(13)20/h2-8,20H,1H3,(H,21,22,23)(H,24,25,26)/b19-18+. The predicted molar refractivity (Wildman–Crippen MR) is 98.4 cm³/mol. The predicted octanol–water partition coefficient (Wildman–Crippen LogP) is 3.16. The number of azo groups is 1. The normalized spacial score (nSPS) is 12.7. The van der Waals surface area contributed by atoms with Gasteiger partial charge in [-0.25, -0.2) is 4.98 Å². The van der Waals surface area contributed by atoms with E-state index in [1.54, 1.807) is 12.1 Å². The quantitative estimate of drug-likeness (QED) is 0.425. The smallest absolute Gasteiger partial charge is 0.296 e. The van der Waals surface area contributed by atoms with Gasteiger partial charge in [0.2, 0.25) is 0 Å². The summed E-state index contributed by atoms with van der Waals surface area (Å²) in [4.78, 5) is 2.89. The van der Waals surface area contributed by atoms with Gasteiger partial charge in [0, 0.05) is 10.8 Å². The van der Waals surface area contributed by atoms with E-state index in [-0.39, 0.29) is 33.6 Å². The number of pyridine rings is 1. The highest BCUT2D eigenvalue weighted by Crippen LogP contribution is 2.39. The molecule has 0 aliphatic carbocycles. The van der Waals surface area contributed by atoms with Crippen LogP contribution in [-0.2, 0) is 20.2 Å². The topological polar surface area (TPSA) is 167 Å². The number of nitrogens with zero attached hydrogens (tertiary/aromatic N) is 3. The molecule has 0 amide bonds. The number of hydrogen-bond acceptors (Lipinski definition) is 8. The highest BCUT2D eigenvalue weighted by Gasteiger charge is 2.19. The number of phenolic OH excluding ortho intramolecular Hbond substituents is 1. The fourth-order valence-corrected chi connectivity index (χ4v) is 3.72. The molecule has 10 nitrogen and oxygen atoms in total. The van der Waals surface area contributed by atoms with Crippen LogP contribution in [0.25, 0.3) is 10.8 Å². The summed E-state index contributed by atoms with van der Waals surface area (Å²) in [6.45, 7) is 1.47. The van der Waals surface area contributed by atoms with Gasteiger partial charge in [0.25, 0.3) is 20.2 Å². The Hall–Kier alpha value is -2.93. The molecule has 3 aromatic rings. The van der Waals surface area contributed by atoms with Gasteiger partial charge in [-0.2, -0.15) is 16.8 Å². The molecule has 0 unspecified atom stereocenters. The zero-order valence-electron chi connectivity index (χ0n) is 14.2. The van der Waals surface area contributed by atoms with Gasteiger partial charge in [0.05, 0.1) is 6.20 Å². The first-order valence-corrected chi connectivity index (χ1v) is 10.4. The van der Waals surface area contributed by atoms with Crippen LogP contribution in [-0.4, -0.2) is 36.0 Å². The van der Waals surface area contributed by atoms with E-state index in [1.807, 2.05) is 0 Å². The van der Waals surface area contributed by atoms with Crippen LogP contribution in [0.2, 0.25) is 0 Å². The molecule has 0 aliphatic rings. The van der Waals surface area contributed by atoms with Gasteiger partial charge < -0.3 is 5.11 Å². The summed E-state index contributed by atoms with van der Waals surface area (Å²) in [6.07, 6.45) is 0.876. The van der Waals surface area contributed by atoms with Gasteiger partial charge in [0.1, 0.15) is 15.5 Å². The van der Waals surface area contributed by atoms with Crippen molar-refractivity contribution in [3.63, 3.8) is 0 Å². The fourth-order valence-electron chi connectivity index (χ4n) is 2.49. The van der Waals surface area contributed by atoms with Crippen molar-refractivity contribution in [1.82, 2.24) is 4.98 Å². The summed E-state index contributed by atoms with van der Waals surface area (Å²) in [7, 11) is -9.04. The van der Waals surface area contributed by atoms with E-state index in [1.165, 1.54) is 19.1 Å². The van der Waals surface area contributed by atoms with Gasteiger partial charge in [-0.15, -0.1) is 10.2 Å². The molecule has 0 saturated heterocycles. The number of aromatic nitrogens is 1. The second-order valence-electron chi connectivity index (χ2n) is 5.75. The van der Waals surface area contributed by atoms with E-state index in [0.29, 0.717) is 0 Å². The van der Waals surface area contributed by atoms with Crippen LogP contribution in [0.1, 0.15) is 5.56 Å². The first-order chi connectivity index (χ1) is 13.0. The Kier molecular flexibility index (Phi) is 4.89. The van der Waals surface area contributed by atoms with E-state index in [9.17, 15) is 26.5 Å². The largest absolute Gasteiger partial charge is 0.505 e. The third-order valence-corrected chi connectivity index (χ3v) is 5.52. The SMILES string of the molecule is Cc1cc(S(=O)(=O)O)cnc1/N=N/c1cc(S(=O)(=O)O)c2ccccc2c1O. The minimum atomic E-state index is -4.60. The van der Waals surface area contributed by atoms with Crippen LogP contribution in [0.5, 0.6) is 5.75 Å². The molecule has 12 heteroatoms. The molecule has 0 fully saturated rings. The van der Waals surface area contributed by atoms with Crippen molar-refractivity contribution in [2.75, 3.05) is 0 Å². The molecule has 0 aliphatic heterocycles. The fraction of sp³-hybridized carbons (Fsp3) is 0.0625. The summed E-state index contributed by atoms with van der Waals surface area (Å²) in [6, 6.07) is 8.05. The van der Waals surface area contributed by atoms with E-state index >= 15 is 0 Å². The van der Waals surface area contributed by atoms with Crippen molar-refractivity contribution in [2.24, 2.45) is 10.2 Å². The lowest BCUT2D eigenvalue weighted by Crippen LogP contribution is -1.99. The van der Waals surface area contributed by atoms with Gasteiger partial charge in [-0.3, -0.25) is 9.11 Å². The summed E-state index contributed by atoms with van der Waals surface area (Å²) in [5.41, 5.74) is 0.0144. The molecule has 0 saturated carbocycles. The number of aromatic hydroxyl groups is 1. The number of aryl methyl sites for hydroxylation is 1. The Balaban J connectivity index is 2.14. The highest BCUT2D eigenvalue weighted by atomic mass is 32.2. The second kappa shape index (κ2) is 6.91. The average molecular weight is 423 g/mol. The zero-order valence-corrected chi connectivity index (χ0v) is 15.8. The Morgan fingerprint density at radius 2 is 1.57 bits per heavy atom. The van der Waals surface area contributed by atoms with Crippen LogP contribution < -0.4 is 0 Å². The zero-order chi connectivity index (χ0) is 20.7. The van der Waals surface area contributed by atoms with Crippen molar-refractivity contribution in [1.29, 1.82) is 0 Å². The summed E-state index contributed by atoms with van der Waals surface area (Å²) >= 11 is 0. The Morgan fingerprint density at radius 3 is 2.14 bits per heavy atom. The van der Waals surface area contributed by atoms with Crippen molar-refractivity contribution >= 4 is 42.5 Å². The molecule has 0 atom stereocenters. The highest BCUT2D eigenvalue weighted by molar-refractivity contribution is 7.86. The summed E-state index contributed by atoms with van der Waals surface area (Å²) in [5, 5.41) is 18.2. The van der Waals surface area contributed by atoms with E-state index in [0.717, 1.165) is 18.3 Å². The van der Waals surface area contributed by atoms with Gasteiger partial charge in [-0.05, 0) is 24.6 Å². The number of phenols is 1. The summed E-state index contributed by atoms with van der Waals surface area (Å²) < 4.78 is 64.1. The number of benzene rings is 2. The Morgan fingerprint density at radius 1 is 0.929 bits per heavy atom. The van der Waals surface area contributed by atoms with Crippen molar-refractivity contribution < 1.29 is 31.0 Å². The molecule has 1 heterocycles. The van der Waals surface area contributed by atoms with Gasteiger partial charge in [0.15, 0.2) is 11.6 Å². The Labute approximate surface area is 159 Å². The maximum atomic E-state index is 11.7. The molecule has 2 aromatic carbocycles. The first-order valence-electron chi connectivity index (χ1n) is 7.56. The summed E-state index contributed by atoms with van der Waals surface area (Å²) in [5.74, 6) is -0.382. The minimum absolute atomic E-state index is 0.0200. The van der Waals surface area contributed by atoms with E-state index < -0.39 is 30.0 Å². The monoisotopic (exact) mass is 423 g/mol. The third kappa shape index (κ3) is 3.84. The molecule has 0 spiro atoms. The van der Waals surface area contributed by atoms with Crippen molar-refractivity contribution in [3.8, 4) is 5.75 Å².